The first-order valence-corrected chi connectivity index (χ1v) is 8.19. The first kappa shape index (κ1) is 15.1. The minimum Gasteiger partial charge on any atom is -0.385 e. The van der Waals surface area contributed by atoms with Crippen LogP contribution in [0.25, 0.3) is 10.4 Å². The van der Waals surface area contributed by atoms with Gasteiger partial charge in [-0.3, -0.25) is 0 Å². The van der Waals surface area contributed by atoms with Crippen LogP contribution in [0.15, 0.2) is 29.6 Å². The number of thiophene rings is 1. The summed E-state index contributed by atoms with van der Waals surface area (Å²) >= 11 is 1.81. The molecule has 0 radical (unpaired) electrons. The average molecular weight is 288 g/mol. The van der Waals surface area contributed by atoms with Gasteiger partial charge in [0.1, 0.15) is 0 Å². The highest BCUT2D eigenvalue weighted by atomic mass is 32.1. The lowest BCUT2D eigenvalue weighted by Crippen LogP contribution is -2.04. The Hall–Kier alpha value is -1.32. The van der Waals surface area contributed by atoms with Gasteiger partial charge in [-0.15, -0.1) is 11.3 Å². The monoisotopic (exact) mass is 288 g/mol. The van der Waals surface area contributed by atoms with Crippen molar-refractivity contribution in [3.05, 3.63) is 40.8 Å². The maximum atomic E-state index is 5.50. The van der Waals surface area contributed by atoms with Crippen molar-refractivity contribution in [3.63, 3.8) is 0 Å². The summed E-state index contributed by atoms with van der Waals surface area (Å²) in [5, 5.41) is 5.72. The van der Waals surface area contributed by atoms with E-state index in [4.69, 9.17) is 5.73 Å². The van der Waals surface area contributed by atoms with E-state index in [2.05, 4.69) is 48.8 Å². The smallest absolute Gasteiger partial charge is 0.0370 e. The molecule has 3 N–H and O–H groups in total. The second-order valence-corrected chi connectivity index (χ2v) is 6.21. The molecule has 0 aliphatic heterocycles. The van der Waals surface area contributed by atoms with Crippen LogP contribution < -0.4 is 11.1 Å². The molecule has 0 spiro atoms. The predicted molar refractivity (Wildman–Crippen MR) is 90.6 cm³/mol. The van der Waals surface area contributed by atoms with Crippen molar-refractivity contribution in [2.45, 2.75) is 33.1 Å². The molecule has 2 nitrogen and oxygen atoms in total. The van der Waals surface area contributed by atoms with E-state index in [-0.39, 0.29) is 0 Å². The first-order valence-electron chi connectivity index (χ1n) is 7.31. The zero-order valence-electron chi connectivity index (χ0n) is 12.4. The lowest BCUT2D eigenvalue weighted by molar-refractivity contribution is 0.707. The van der Waals surface area contributed by atoms with Crippen molar-refractivity contribution in [1.82, 2.24) is 0 Å². The first-order chi connectivity index (χ1) is 9.70. The van der Waals surface area contributed by atoms with Gasteiger partial charge in [0.15, 0.2) is 0 Å². The summed E-state index contributed by atoms with van der Waals surface area (Å²) in [5.74, 6) is 0. The predicted octanol–water partition coefficient (Wildman–Crippen LogP) is 4.57. The van der Waals surface area contributed by atoms with Gasteiger partial charge in [0.05, 0.1) is 0 Å². The molecule has 0 fully saturated rings. The van der Waals surface area contributed by atoms with E-state index in [1.54, 1.807) is 0 Å². The lowest BCUT2D eigenvalue weighted by Gasteiger charge is -2.10. The van der Waals surface area contributed by atoms with Gasteiger partial charge >= 0.3 is 0 Å². The standard InChI is InChI=1S/C17H24N2S/c1-13-10-17(20-12-13)15-6-7-16(14(2)11-15)19-9-5-3-4-8-18/h6-7,10-12,19H,3-5,8-9,18H2,1-2H3. The Balaban J connectivity index is 1.96. The molecule has 2 rings (SSSR count). The van der Waals surface area contributed by atoms with Crippen LogP contribution in [0.4, 0.5) is 5.69 Å². The molecule has 1 heterocycles. The second kappa shape index (κ2) is 7.46. The summed E-state index contributed by atoms with van der Waals surface area (Å²) in [6.45, 7) is 6.14. The fourth-order valence-corrected chi connectivity index (χ4v) is 3.16. The second-order valence-electron chi connectivity index (χ2n) is 5.29. The fraction of sp³-hybridized carbons (Fsp3) is 0.412. The summed E-state index contributed by atoms with van der Waals surface area (Å²) in [6.07, 6.45) is 3.51. The Labute approximate surface area is 126 Å². The van der Waals surface area contributed by atoms with Crippen molar-refractivity contribution in [1.29, 1.82) is 0 Å². The van der Waals surface area contributed by atoms with Gasteiger partial charge in [-0.05, 0) is 73.5 Å². The number of unbranched alkanes of at least 4 members (excludes halogenated alkanes) is 2. The molecule has 108 valence electrons. The van der Waals surface area contributed by atoms with E-state index in [1.807, 2.05) is 11.3 Å². The third-order valence-electron chi connectivity index (χ3n) is 3.44. The normalized spacial score (nSPS) is 10.8. The van der Waals surface area contributed by atoms with E-state index in [9.17, 15) is 0 Å². The molecule has 2 aromatic rings. The van der Waals surface area contributed by atoms with Gasteiger partial charge in [-0.1, -0.05) is 12.5 Å². The number of nitrogens with two attached hydrogens (primary N) is 1. The highest BCUT2D eigenvalue weighted by Gasteiger charge is 2.04. The van der Waals surface area contributed by atoms with Gasteiger partial charge in [-0.2, -0.15) is 0 Å². The van der Waals surface area contributed by atoms with Crippen molar-refractivity contribution in [2.75, 3.05) is 18.4 Å². The number of benzene rings is 1. The molecular weight excluding hydrogens is 264 g/mol. The molecule has 0 saturated carbocycles. The van der Waals surface area contributed by atoms with Crippen LogP contribution in [0.1, 0.15) is 30.4 Å². The van der Waals surface area contributed by atoms with Crippen LogP contribution >= 0.6 is 11.3 Å². The van der Waals surface area contributed by atoms with Gasteiger partial charge in [0, 0.05) is 17.1 Å². The third-order valence-corrected chi connectivity index (χ3v) is 4.53. The quantitative estimate of drug-likeness (QED) is 0.732. The van der Waals surface area contributed by atoms with E-state index in [0.717, 1.165) is 19.5 Å². The summed E-state index contributed by atoms with van der Waals surface area (Å²) in [7, 11) is 0. The van der Waals surface area contributed by atoms with Crippen molar-refractivity contribution < 1.29 is 0 Å². The molecule has 0 amide bonds. The Kier molecular flexibility index (Phi) is 5.62. The number of nitrogens with one attached hydrogen (secondary N) is 1. The summed E-state index contributed by atoms with van der Waals surface area (Å²) in [4.78, 5) is 1.35. The zero-order valence-corrected chi connectivity index (χ0v) is 13.2. The van der Waals surface area contributed by atoms with Gasteiger partial charge in [0.2, 0.25) is 0 Å². The molecule has 1 aromatic carbocycles. The number of hydrogen-bond donors (Lipinski definition) is 2. The number of anilines is 1. The van der Waals surface area contributed by atoms with Crippen LogP contribution in [0.2, 0.25) is 0 Å². The third kappa shape index (κ3) is 4.09. The van der Waals surface area contributed by atoms with Crippen LogP contribution in [-0.4, -0.2) is 13.1 Å². The molecule has 3 heteroatoms. The van der Waals surface area contributed by atoms with Crippen LogP contribution in [0.5, 0.6) is 0 Å². The van der Waals surface area contributed by atoms with Crippen LogP contribution in [0.3, 0.4) is 0 Å². The molecular formula is C17H24N2S. The highest BCUT2D eigenvalue weighted by Crippen LogP contribution is 2.29. The molecule has 0 unspecified atom stereocenters. The number of rotatable bonds is 7. The molecule has 0 aliphatic carbocycles. The van der Waals surface area contributed by atoms with Crippen molar-refractivity contribution in [3.8, 4) is 10.4 Å². The van der Waals surface area contributed by atoms with Gasteiger partial charge in [0.25, 0.3) is 0 Å². The number of aryl methyl sites for hydroxylation is 2. The van der Waals surface area contributed by atoms with E-state index in [1.165, 1.54) is 40.1 Å². The fourth-order valence-electron chi connectivity index (χ4n) is 2.27. The molecule has 0 aliphatic rings. The molecule has 1 aromatic heterocycles. The Bertz CT molecular complexity index is 546. The van der Waals surface area contributed by atoms with E-state index < -0.39 is 0 Å². The minimum atomic E-state index is 0.800. The Morgan fingerprint density at radius 1 is 1.10 bits per heavy atom. The molecule has 0 atom stereocenters. The maximum Gasteiger partial charge on any atom is 0.0370 e. The topological polar surface area (TPSA) is 38.0 Å². The summed E-state index contributed by atoms with van der Waals surface area (Å²) < 4.78 is 0. The SMILES string of the molecule is Cc1csc(-c2ccc(NCCCCCN)c(C)c2)c1. The van der Waals surface area contributed by atoms with Crippen LogP contribution in [0, 0.1) is 13.8 Å². The Morgan fingerprint density at radius 2 is 1.95 bits per heavy atom. The minimum absolute atomic E-state index is 0.800. The largest absolute Gasteiger partial charge is 0.385 e. The zero-order chi connectivity index (χ0) is 14.4. The van der Waals surface area contributed by atoms with Crippen molar-refractivity contribution in [2.24, 2.45) is 5.73 Å². The molecule has 20 heavy (non-hydrogen) atoms. The molecule has 0 bridgehead atoms. The van der Waals surface area contributed by atoms with Gasteiger partial charge < -0.3 is 11.1 Å². The summed E-state index contributed by atoms with van der Waals surface area (Å²) in [5.41, 5.74) is 10.7. The highest BCUT2D eigenvalue weighted by molar-refractivity contribution is 7.13. The average Bonchev–Trinajstić information content (AvgIpc) is 2.87. The van der Waals surface area contributed by atoms with E-state index >= 15 is 0 Å². The lowest BCUT2D eigenvalue weighted by atomic mass is 10.1. The van der Waals surface area contributed by atoms with Gasteiger partial charge in [-0.25, -0.2) is 0 Å². The number of hydrogen-bond acceptors (Lipinski definition) is 3. The van der Waals surface area contributed by atoms with Crippen molar-refractivity contribution >= 4 is 17.0 Å². The maximum absolute atomic E-state index is 5.50. The van der Waals surface area contributed by atoms with E-state index in [0.29, 0.717) is 0 Å². The van der Waals surface area contributed by atoms with Crippen LogP contribution in [-0.2, 0) is 0 Å². The Morgan fingerprint density at radius 3 is 2.60 bits per heavy atom. The summed E-state index contributed by atoms with van der Waals surface area (Å²) in [6, 6.07) is 8.93. The molecule has 0 saturated heterocycles.